The molecule has 1 fully saturated rings. The van der Waals surface area contributed by atoms with Gasteiger partial charge in [0, 0.05) is 36.9 Å². The molecule has 1 aliphatic rings. The molecule has 0 aromatic heterocycles. The van der Waals surface area contributed by atoms with E-state index in [1.54, 1.807) is 0 Å². The Labute approximate surface area is 183 Å². The van der Waals surface area contributed by atoms with Gasteiger partial charge in [-0.25, -0.2) is 4.79 Å². The minimum atomic E-state index is -0.0389. The zero-order valence-electron chi connectivity index (χ0n) is 17.1. The zero-order chi connectivity index (χ0) is 20.9. The van der Waals surface area contributed by atoms with Crippen LogP contribution < -0.4 is 5.32 Å². The lowest BCUT2D eigenvalue weighted by Gasteiger charge is -2.39. The van der Waals surface area contributed by atoms with Gasteiger partial charge >= 0.3 is 6.03 Å². The third kappa shape index (κ3) is 4.84. The van der Waals surface area contributed by atoms with Crippen molar-refractivity contribution in [2.75, 3.05) is 31.5 Å². The average molecular weight is 420 g/mol. The summed E-state index contributed by atoms with van der Waals surface area (Å²) in [6.45, 7) is 5.02. The Balaban J connectivity index is 1.46. The fourth-order valence-electron chi connectivity index (χ4n) is 4.00. The summed E-state index contributed by atoms with van der Waals surface area (Å²) in [5.41, 5.74) is 4.43. The summed E-state index contributed by atoms with van der Waals surface area (Å²) in [6.07, 6.45) is 0. The molecule has 4 rings (SSSR count). The van der Waals surface area contributed by atoms with Gasteiger partial charge in [0.05, 0.1) is 6.04 Å². The van der Waals surface area contributed by atoms with Crippen molar-refractivity contribution in [1.82, 2.24) is 9.80 Å². The van der Waals surface area contributed by atoms with E-state index in [0.29, 0.717) is 13.1 Å². The Morgan fingerprint density at radius 3 is 2.20 bits per heavy atom. The molecule has 3 aromatic carbocycles. The summed E-state index contributed by atoms with van der Waals surface area (Å²) in [5, 5.41) is 3.76. The zero-order valence-corrected chi connectivity index (χ0v) is 17.8. The van der Waals surface area contributed by atoms with Gasteiger partial charge in [0.2, 0.25) is 0 Å². The molecule has 1 N–H and O–H groups in total. The molecule has 0 spiro atoms. The fourth-order valence-corrected chi connectivity index (χ4v) is 4.13. The number of hydrogen-bond acceptors (Lipinski definition) is 2. The monoisotopic (exact) mass is 419 g/mol. The minimum absolute atomic E-state index is 0.0389. The van der Waals surface area contributed by atoms with Gasteiger partial charge in [-0.2, -0.15) is 0 Å². The smallest absolute Gasteiger partial charge is 0.321 e. The maximum absolute atomic E-state index is 12.7. The molecule has 0 aliphatic carbocycles. The molecule has 1 heterocycles. The summed E-state index contributed by atoms with van der Waals surface area (Å²) in [5.74, 6) is 0. The Hall–Kier alpha value is -2.82. The summed E-state index contributed by atoms with van der Waals surface area (Å²) >= 11 is 6.11. The van der Waals surface area contributed by atoms with E-state index in [-0.39, 0.29) is 12.1 Å². The molecule has 1 atom stereocenters. The van der Waals surface area contributed by atoms with Gasteiger partial charge in [0.1, 0.15) is 0 Å². The van der Waals surface area contributed by atoms with Gasteiger partial charge < -0.3 is 10.2 Å². The van der Waals surface area contributed by atoms with Crippen LogP contribution >= 0.6 is 11.6 Å². The summed E-state index contributed by atoms with van der Waals surface area (Å²) in [7, 11) is 0. The number of aryl methyl sites for hydroxylation is 1. The highest BCUT2D eigenvalue weighted by Gasteiger charge is 2.28. The van der Waals surface area contributed by atoms with Gasteiger partial charge in [-0.1, -0.05) is 66.2 Å². The standard InChI is InChI=1S/C25H26ClN3O/c1-19-6-5-9-23(18-19)27-25(30)29-16-14-28(15-17-29)24(20-7-3-2-4-8-20)21-10-12-22(26)13-11-21/h2-13,18,24H,14-17H2,1H3,(H,27,30)/t24-/m1/s1. The number of carbonyl (C=O) groups is 1. The van der Waals surface area contributed by atoms with Crippen LogP contribution in [0.5, 0.6) is 0 Å². The first-order valence-corrected chi connectivity index (χ1v) is 10.6. The van der Waals surface area contributed by atoms with Crippen molar-refractivity contribution in [1.29, 1.82) is 0 Å². The van der Waals surface area contributed by atoms with Crippen LogP contribution in [0.25, 0.3) is 0 Å². The van der Waals surface area contributed by atoms with E-state index in [4.69, 9.17) is 11.6 Å². The van der Waals surface area contributed by atoms with E-state index in [2.05, 4.69) is 46.6 Å². The maximum atomic E-state index is 12.7. The number of nitrogens with zero attached hydrogens (tertiary/aromatic N) is 2. The van der Waals surface area contributed by atoms with Crippen molar-refractivity contribution >= 4 is 23.3 Å². The number of amides is 2. The summed E-state index contributed by atoms with van der Waals surface area (Å²) in [6, 6.07) is 26.6. The molecule has 154 valence electrons. The summed E-state index contributed by atoms with van der Waals surface area (Å²) in [4.78, 5) is 17.0. The first kappa shape index (κ1) is 20.5. The minimum Gasteiger partial charge on any atom is -0.322 e. The van der Waals surface area contributed by atoms with Gasteiger partial charge in [0.25, 0.3) is 0 Å². The van der Waals surface area contributed by atoms with Crippen molar-refractivity contribution in [3.63, 3.8) is 0 Å². The van der Waals surface area contributed by atoms with E-state index in [1.807, 2.05) is 54.3 Å². The molecule has 2 amide bonds. The fraction of sp³-hybridized carbons (Fsp3) is 0.240. The van der Waals surface area contributed by atoms with Gasteiger partial charge in [-0.15, -0.1) is 0 Å². The van der Waals surface area contributed by atoms with E-state index >= 15 is 0 Å². The molecule has 30 heavy (non-hydrogen) atoms. The number of rotatable bonds is 4. The molecular weight excluding hydrogens is 394 g/mol. The van der Waals surface area contributed by atoms with E-state index in [0.717, 1.165) is 29.4 Å². The van der Waals surface area contributed by atoms with Crippen LogP contribution in [-0.4, -0.2) is 42.0 Å². The molecule has 1 aliphatic heterocycles. The normalized spacial score (nSPS) is 15.6. The second kappa shape index (κ2) is 9.33. The van der Waals surface area contributed by atoms with Crippen molar-refractivity contribution < 1.29 is 4.79 Å². The predicted molar refractivity (Wildman–Crippen MR) is 123 cm³/mol. The number of urea groups is 1. The maximum Gasteiger partial charge on any atom is 0.321 e. The van der Waals surface area contributed by atoms with Gasteiger partial charge in [-0.3, -0.25) is 4.90 Å². The third-order valence-corrected chi connectivity index (χ3v) is 5.79. The lowest BCUT2D eigenvalue weighted by Crippen LogP contribution is -2.51. The molecule has 1 saturated heterocycles. The molecule has 0 unspecified atom stereocenters. The highest BCUT2D eigenvalue weighted by Crippen LogP contribution is 2.30. The number of piperazine rings is 1. The van der Waals surface area contributed by atoms with E-state index < -0.39 is 0 Å². The molecule has 3 aromatic rings. The largest absolute Gasteiger partial charge is 0.322 e. The Morgan fingerprint density at radius 2 is 1.53 bits per heavy atom. The number of hydrogen-bond donors (Lipinski definition) is 1. The number of anilines is 1. The quantitative estimate of drug-likeness (QED) is 0.598. The van der Waals surface area contributed by atoms with Crippen LogP contribution in [0.15, 0.2) is 78.9 Å². The third-order valence-electron chi connectivity index (χ3n) is 5.54. The van der Waals surface area contributed by atoms with Crippen LogP contribution in [0.2, 0.25) is 5.02 Å². The number of halogens is 1. The van der Waals surface area contributed by atoms with E-state index in [9.17, 15) is 4.79 Å². The van der Waals surface area contributed by atoms with Crippen LogP contribution in [0.4, 0.5) is 10.5 Å². The Kier molecular flexibility index (Phi) is 6.36. The first-order valence-electron chi connectivity index (χ1n) is 10.3. The van der Waals surface area contributed by atoms with Crippen molar-refractivity contribution in [2.45, 2.75) is 13.0 Å². The van der Waals surface area contributed by atoms with Crippen molar-refractivity contribution in [3.8, 4) is 0 Å². The van der Waals surface area contributed by atoms with Crippen LogP contribution in [0, 0.1) is 6.92 Å². The average Bonchev–Trinajstić information content (AvgIpc) is 2.76. The van der Waals surface area contributed by atoms with Crippen molar-refractivity contribution in [2.24, 2.45) is 0 Å². The second-order valence-electron chi connectivity index (χ2n) is 7.69. The summed E-state index contributed by atoms with van der Waals surface area (Å²) < 4.78 is 0. The Morgan fingerprint density at radius 1 is 0.867 bits per heavy atom. The second-order valence-corrected chi connectivity index (χ2v) is 8.12. The SMILES string of the molecule is Cc1cccc(NC(=O)N2CCN([C@H](c3ccccc3)c3ccc(Cl)cc3)CC2)c1. The number of carbonyl (C=O) groups excluding carboxylic acids is 1. The number of nitrogens with one attached hydrogen (secondary N) is 1. The lowest BCUT2D eigenvalue weighted by molar-refractivity contribution is 0.126. The van der Waals surface area contributed by atoms with Gasteiger partial charge in [-0.05, 0) is 47.9 Å². The topological polar surface area (TPSA) is 35.6 Å². The van der Waals surface area contributed by atoms with Crippen molar-refractivity contribution in [3.05, 3.63) is 101 Å². The lowest BCUT2D eigenvalue weighted by atomic mass is 9.96. The predicted octanol–water partition coefficient (Wildman–Crippen LogP) is 5.59. The van der Waals surface area contributed by atoms with Crippen LogP contribution in [0.1, 0.15) is 22.7 Å². The highest BCUT2D eigenvalue weighted by molar-refractivity contribution is 6.30. The van der Waals surface area contributed by atoms with E-state index in [1.165, 1.54) is 11.1 Å². The molecule has 0 saturated carbocycles. The van der Waals surface area contributed by atoms with Crippen LogP contribution in [-0.2, 0) is 0 Å². The highest BCUT2D eigenvalue weighted by atomic mass is 35.5. The van der Waals surface area contributed by atoms with Gasteiger partial charge in [0.15, 0.2) is 0 Å². The number of benzene rings is 3. The molecule has 0 radical (unpaired) electrons. The molecule has 0 bridgehead atoms. The van der Waals surface area contributed by atoms with Crippen LogP contribution in [0.3, 0.4) is 0 Å². The molecule has 5 heteroatoms. The molecular formula is C25H26ClN3O. The Bertz CT molecular complexity index is 983. The first-order chi connectivity index (χ1) is 14.6. The molecule has 4 nitrogen and oxygen atoms in total.